The topological polar surface area (TPSA) is 37.3 Å². The predicted octanol–water partition coefficient (Wildman–Crippen LogP) is 8.72. The number of aryl methyl sites for hydroxylation is 1. The summed E-state index contributed by atoms with van der Waals surface area (Å²) in [5.74, 6) is 45.7. The van der Waals surface area contributed by atoms with Crippen LogP contribution in [0.4, 0.5) is 0 Å². The van der Waals surface area contributed by atoms with Crippen LogP contribution >= 0.6 is 0 Å². The first-order valence-corrected chi connectivity index (χ1v) is 11.8. The SMILES string of the molecule is CC#CC#CC#CC#CC#CC#CC#CC#CC#CC(=O)CCc1cc(C(C)(C)C)c(O)c(C(C)(C)C)c1.[HH].[HH].[HH].[HH].[HH].[HH].[HH].[HH].[HH].[HH].[HH].[HH].[HH].[HH].[HH].[HH].[HH]. The van der Waals surface area contributed by atoms with Gasteiger partial charge in [-0.05, 0) is 142 Å². The molecule has 0 heterocycles. The molecule has 1 aromatic rings. The number of phenols is 1. The van der Waals surface area contributed by atoms with Gasteiger partial charge in [0.05, 0.1) is 0 Å². The van der Waals surface area contributed by atoms with Gasteiger partial charge < -0.3 is 5.11 Å². The molecule has 38 heavy (non-hydrogen) atoms. The van der Waals surface area contributed by atoms with Crippen molar-refractivity contribution >= 4 is 5.78 Å². The summed E-state index contributed by atoms with van der Waals surface area (Å²) in [6, 6.07) is 3.96. The molecular weight excluding hydrogens is 464 g/mol. The molecule has 0 atom stereocenters. The zero-order chi connectivity index (χ0) is 28.4. The highest BCUT2D eigenvalue weighted by Crippen LogP contribution is 2.39. The molecule has 1 aromatic carbocycles. The molecule has 2 heteroatoms. The average Bonchev–Trinajstić information content (AvgIpc) is 2.83. The number of Topliss-reactive ketones (excluding diaryl/α,β-unsaturated/α-hetero) is 1. The van der Waals surface area contributed by atoms with Gasteiger partial charge in [0.25, 0.3) is 0 Å². The van der Waals surface area contributed by atoms with E-state index in [1.54, 1.807) is 6.92 Å². The van der Waals surface area contributed by atoms with E-state index in [1.807, 2.05) is 12.1 Å². The number of ketones is 1. The molecule has 0 unspecified atom stereocenters. The van der Waals surface area contributed by atoms with E-state index in [1.165, 1.54) is 0 Å². The smallest absolute Gasteiger partial charge is 0.206 e. The number of phenolic OH excluding ortho intramolecular Hbond substituents is 1. The van der Waals surface area contributed by atoms with Gasteiger partial charge in [-0.1, -0.05) is 59.6 Å². The molecular formula is C36H62O2. The number of benzene rings is 1. The van der Waals surface area contributed by atoms with Crippen LogP contribution in [0, 0.1) is 107 Å². The molecule has 0 amide bonds. The maximum absolute atomic E-state index is 12.2. The molecule has 0 aliphatic rings. The third-order valence-electron chi connectivity index (χ3n) is 4.69. The molecule has 0 aromatic heterocycles. The van der Waals surface area contributed by atoms with Crippen molar-refractivity contribution in [2.24, 2.45) is 0 Å². The number of hydrogen-bond acceptors (Lipinski definition) is 2. The van der Waals surface area contributed by atoms with Crippen molar-refractivity contribution in [3.8, 4) is 112 Å². The molecule has 0 aliphatic heterocycles. The van der Waals surface area contributed by atoms with Crippen LogP contribution in [0.5, 0.6) is 5.75 Å². The zero-order valence-corrected chi connectivity index (χ0v) is 22.9. The van der Waals surface area contributed by atoms with Crippen LogP contribution in [-0.4, -0.2) is 10.9 Å². The van der Waals surface area contributed by atoms with Crippen molar-refractivity contribution in [2.45, 2.75) is 72.1 Å². The van der Waals surface area contributed by atoms with Gasteiger partial charge >= 0.3 is 0 Å². The van der Waals surface area contributed by atoms with E-state index in [-0.39, 0.29) is 47.3 Å². The Kier molecular flexibility index (Phi) is 12.7. The van der Waals surface area contributed by atoms with Crippen LogP contribution in [0.15, 0.2) is 12.1 Å². The van der Waals surface area contributed by atoms with Gasteiger partial charge in [0.2, 0.25) is 5.78 Å². The van der Waals surface area contributed by atoms with Crippen molar-refractivity contribution in [1.82, 2.24) is 0 Å². The first-order chi connectivity index (χ1) is 18.0. The lowest BCUT2D eigenvalue weighted by Crippen LogP contribution is -2.18. The maximum atomic E-state index is 12.2. The molecule has 2 nitrogen and oxygen atoms in total. The summed E-state index contributed by atoms with van der Waals surface area (Å²) >= 11 is 0. The van der Waals surface area contributed by atoms with E-state index in [0.29, 0.717) is 12.2 Å². The minimum absolute atomic E-state index is 0. The van der Waals surface area contributed by atoms with E-state index in [2.05, 4.69) is 148 Å². The molecule has 0 fully saturated rings. The van der Waals surface area contributed by atoms with E-state index in [4.69, 9.17) is 0 Å². The van der Waals surface area contributed by atoms with E-state index >= 15 is 0 Å². The van der Waals surface area contributed by atoms with Crippen molar-refractivity contribution < 1.29 is 34.2 Å². The van der Waals surface area contributed by atoms with Crippen molar-refractivity contribution in [1.29, 1.82) is 0 Å². The minimum atomic E-state index is -0.222. The fourth-order valence-corrected chi connectivity index (χ4v) is 2.90. The Labute approximate surface area is 254 Å². The fraction of sp³-hybridized carbons (Fsp3) is 0.306. The first-order valence-electron chi connectivity index (χ1n) is 11.8. The molecule has 0 spiro atoms. The second kappa shape index (κ2) is 15.7. The summed E-state index contributed by atoms with van der Waals surface area (Å²) in [6.45, 7) is 14.1. The quantitative estimate of drug-likeness (QED) is 0.316. The molecule has 0 saturated heterocycles. The Balaban J connectivity index is -0.0000000566. The summed E-state index contributed by atoms with van der Waals surface area (Å²) in [5.41, 5.74) is 2.30. The molecule has 0 saturated carbocycles. The second-order valence-corrected chi connectivity index (χ2v) is 9.84. The van der Waals surface area contributed by atoms with E-state index < -0.39 is 0 Å². The Hall–Kier alpha value is -5.27. The normalized spacial score (nSPS) is 8.50. The van der Waals surface area contributed by atoms with Crippen molar-refractivity contribution in [3.63, 3.8) is 0 Å². The van der Waals surface area contributed by atoms with Gasteiger partial charge in [-0.25, -0.2) is 0 Å². The van der Waals surface area contributed by atoms with Crippen LogP contribution in [0.3, 0.4) is 0 Å². The van der Waals surface area contributed by atoms with Crippen LogP contribution in [0.1, 0.15) is 95.8 Å². The molecule has 0 radical (unpaired) electrons. The van der Waals surface area contributed by atoms with Crippen LogP contribution in [0.2, 0.25) is 0 Å². The maximum Gasteiger partial charge on any atom is 0.206 e. The predicted molar refractivity (Wildman–Crippen MR) is 190 cm³/mol. The van der Waals surface area contributed by atoms with E-state index in [0.717, 1.165) is 16.7 Å². The number of hydrogen-bond donors (Lipinski definition) is 1. The van der Waals surface area contributed by atoms with Gasteiger partial charge in [0.1, 0.15) is 5.75 Å². The largest absolute Gasteiger partial charge is 0.507 e. The lowest BCUT2D eigenvalue weighted by Gasteiger charge is -2.28. The summed E-state index contributed by atoms with van der Waals surface area (Å²) in [7, 11) is 0. The third kappa shape index (κ3) is 12.4. The summed E-state index contributed by atoms with van der Waals surface area (Å²) in [5, 5.41) is 10.8. The highest BCUT2D eigenvalue weighted by molar-refractivity contribution is 5.96. The highest BCUT2D eigenvalue weighted by Gasteiger charge is 2.26. The van der Waals surface area contributed by atoms with Gasteiger partial charge in [-0.2, -0.15) is 0 Å². The van der Waals surface area contributed by atoms with Gasteiger partial charge in [0.15, 0.2) is 0 Å². The Morgan fingerprint density at radius 3 is 1.34 bits per heavy atom. The van der Waals surface area contributed by atoms with Crippen molar-refractivity contribution in [2.75, 3.05) is 0 Å². The summed E-state index contributed by atoms with van der Waals surface area (Å²) in [4.78, 5) is 12.2. The molecule has 0 aliphatic carbocycles. The lowest BCUT2D eigenvalue weighted by atomic mass is 9.78. The molecule has 1 N–H and O–H groups in total. The van der Waals surface area contributed by atoms with Crippen LogP contribution in [0.25, 0.3) is 0 Å². The third-order valence-corrected chi connectivity index (χ3v) is 4.69. The standard InChI is InChI=1S/C36H28O2.17H2/c1-8-9-10-11-12-13-14-15-16-17-18-19-20-21-22-23-24-25-31(37)27-26-30-28-32(35(2,3)4)34(38)33(29-30)36(5,6)7;;;;;;;;;;;;;;;;;/h28-29,38H,26-27H2,1-7H3;17*1H. The molecule has 218 valence electrons. The number of carbonyl (C=O) groups is 1. The molecule has 0 bridgehead atoms. The minimum Gasteiger partial charge on any atom is -0.507 e. The summed E-state index contributed by atoms with van der Waals surface area (Å²) < 4.78 is 0. The summed E-state index contributed by atoms with van der Waals surface area (Å²) in [6.07, 6.45) is 0.793. The lowest BCUT2D eigenvalue weighted by molar-refractivity contribution is -0.113. The fourth-order valence-electron chi connectivity index (χ4n) is 2.90. The first kappa shape index (κ1) is 30.8. The Morgan fingerprint density at radius 1 is 0.658 bits per heavy atom. The average molecular weight is 527 g/mol. The molecule has 1 rings (SSSR count). The Morgan fingerprint density at radius 2 is 1.00 bits per heavy atom. The number of rotatable bonds is 3. The van der Waals surface area contributed by atoms with Crippen molar-refractivity contribution in [3.05, 3.63) is 28.8 Å². The number of aromatic hydroxyl groups is 1. The van der Waals surface area contributed by atoms with E-state index in [9.17, 15) is 9.90 Å². The monoisotopic (exact) mass is 526 g/mol. The zero-order valence-electron chi connectivity index (χ0n) is 22.9. The van der Waals surface area contributed by atoms with Crippen LogP contribution < -0.4 is 0 Å². The number of carbonyl (C=O) groups excluding carboxylic acids is 1. The van der Waals surface area contributed by atoms with Gasteiger partial charge in [0, 0.05) is 30.7 Å². The van der Waals surface area contributed by atoms with Gasteiger partial charge in [-0.15, -0.1) is 0 Å². The van der Waals surface area contributed by atoms with Gasteiger partial charge in [-0.3, -0.25) is 4.79 Å². The Bertz CT molecular complexity index is 1660. The van der Waals surface area contributed by atoms with Crippen LogP contribution in [-0.2, 0) is 22.0 Å². The second-order valence-electron chi connectivity index (χ2n) is 9.84. The highest BCUT2D eigenvalue weighted by atomic mass is 16.3.